The monoisotopic (exact) mass is 392 g/mol. The number of carbonyl (C=O) groups excluding carboxylic acids is 1. The molecule has 0 aliphatic heterocycles. The Morgan fingerprint density at radius 3 is 2.52 bits per heavy atom. The van der Waals surface area contributed by atoms with Gasteiger partial charge in [-0.3, -0.25) is 9.59 Å². The molecule has 3 rings (SSSR count). The van der Waals surface area contributed by atoms with Gasteiger partial charge in [0.15, 0.2) is 5.69 Å². The van der Waals surface area contributed by atoms with Gasteiger partial charge in [0, 0.05) is 19.5 Å². The number of amides is 1. The first-order chi connectivity index (χ1) is 14.0. The number of benzene rings is 2. The Labute approximate surface area is 169 Å². The Bertz CT molecular complexity index is 998. The molecule has 29 heavy (non-hydrogen) atoms. The van der Waals surface area contributed by atoms with Crippen LogP contribution in [0, 0.1) is 13.8 Å². The van der Waals surface area contributed by atoms with Gasteiger partial charge >= 0.3 is 5.97 Å². The summed E-state index contributed by atoms with van der Waals surface area (Å²) in [6, 6.07) is 17.4. The number of hydrogen-bond donors (Lipinski definition) is 1. The predicted molar refractivity (Wildman–Crippen MR) is 109 cm³/mol. The molecule has 2 aromatic carbocycles. The smallest absolute Gasteiger partial charge is 0.303 e. The van der Waals surface area contributed by atoms with Gasteiger partial charge in [0.2, 0.25) is 0 Å². The maximum atomic E-state index is 13.2. The Balaban J connectivity index is 1.85. The second-order valence-corrected chi connectivity index (χ2v) is 6.98. The third-order valence-electron chi connectivity index (χ3n) is 4.67. The summed E-state index contributed by atoms with van der Waals surface area (Å²) in [7, 11) is 0. The molecule has 7 heteroatoms. The van der Waals surface area contributed by atoms with Crippen LogP contribution in [-0.4, -0.2) is 43.4 Å². The first kappa shape index (κ1) is 20.3. The maximum Gasteiger partial charge on any atom is 0.303 e. The molecule has 0 radical (unpaired) electrons. The summed E-state index contributed by atoms with van der Waals surface area (Å²) in [6.45, 7) is 4.52. The van der Waals surface area contributed by atoms with Gasteiger partial charge in [0.05, 0.1) is 11.4 Å². The number of nitrogens with zero attached hydrogens (tertiary/aromatic N) is 4. The first-order valence-electron chi connectivity index (χ1n) is 9.50. The van der Waals surface area contributed by atoms with Gasteiger partial charge in [-0.15, -0.1) is 5.10 Å². The Hall–Kier alpha value is -3.48. The van der Waals surface area contributed by atoms with E-state index >= 15 is 0 Å². The molecule has 0 saturated carbocycles. The van der Waals surface area contributed by atoms with Crippen molar-refractivity contribution in [3.05, 3.63) is 77.1 Å². The minimum atomic E-state index is -0.876. The minimum Gasteiger partial charge on any atom is -0.481 e. The molecule has 1 aromatic heterocycles. The second-order valence-electron chi connectivity index (χ2n) is 6.98. The van der Waals surface area contributed by atoms with Gasteiger partial charge in [0.25, 0.3) is 5.91 Å². The lowest BCUT2D eigenvalue weighted by molar-refractivity contribution is -0.137. The summed E-state index contributed by atoms with van der Waals surface area (Å²) in [4.78, 5) is 25.7. The summed E-state index contributed by atoms with van der Waals surface area (Å²) in [5.74, 6) is -1.13. The van der Waals surface area contributed by atoms with E-state index in [1.54, 1.807) is 9.58 Å². The van der Waals surface area contributed by atoms with Crippen molar-refractivity contribution in [2.24, 2.45) is 0 Å². The largest absolute Gasteiger partial charge is 0.481 e. The lowest BCUT2D eigenvalue weighted by atomic mass is 10.1. The molecule has 0 atom stereocenters. The van der Waals surface area contributed by atoms with Crippen LogP contribution >= 0.6 is 0 Å². The topological polar surface area (TPSA) is 88.3 Å². The van der Waals surface area contributed by atoms with E-state index in [-0.39, 0.29) is 18.0 Å². The number of aromatic nitrogens is 3. The molecule has 0 fully saturated rings. The van der Waals surface area contributed by atoms with Crippen LogP contribution in [0.25, 0.3) is 5.69 Å². The molecular weight excluding hydrogens is 368 g/mol. The van der Waals surface area contributed by atoms with Gasteiger partial charge in [0.1, 0.15) is 0 Å². The summed E-state index contributed by atoms with van der Waals surface area (Å²) < 4.78 is 1.65. The fourth-order valence-corrected chi connectivity index (χ4v) is 3.16. The van der Waals surface area contributed by atoms with E-state index in [0.29, 0.717) is 25.2 Å². The van der Waals surface area contributed by atoms with Crippen LogP contribution in [0.4, 0.5) is 0 Å². The van der Waals surface area contributed by atoms with E-state index in [4.69, 9.17) is 5.11 Å². The van der Waals surface area contributed by atoms with Crippen molar-refractivity contribution in [1.29, 1.82) is 0 Å². The number of carbonyl (C=O) groups is 2. The predicted octanol–water partition coefficient (Wildman–Crippen LogP) is 3.39. The third-order valence-corrected chi connectivity index (χ3v) is 4.67. The molecule has 0 spiro atoms. The van der Waals surface area contributed by atoms with Crippen molar-refractivity contribution in [1.82, 2.24) is 19.9 Å². The number of aliphatic carboxylic acids is 1. The van der Waals surface area contributed by atoms with Crippen LogP contribution in [0.2, 0.25) is 0 Å². The Morgan fingerprint density at radius 1 is 1.07 bits per heavy atom. The summed E-state index contributed by atoms with van der Waals surface area (Å²) in [6.07, 6.45) is 0.381. The fraction of sp³-hybridized carbons (Fsp3) is 0.273. The van der Waals surface area contributed by atoms with Gasteiger partial charge in [-0.05, 0) is 43.5 Å². The molecule has 1 heterocycles. The number of carboxylic acids is 1. The van der Waals surface area contributed by atoms with E-state index in [1.807, 2.05) is 68.4 Å². The summed E-state index contributed by atoms with van der Waals surface area (Å²) in [5.41, 5.74) is 3.83. The standard InChI is InChI=1S/C22H24N4O3/c1-16-8-6-11-19(14-16)26-17(2)21(23-24-26)22(29)25(13-7-12-20(27)28)15-18-9-4-3-5-10-18/h3-6,8-11,14H,7,12-13,15H2,1-2H3,(H,27,28). The second kappa shape index (κ2) is 9.14. The number of hydrogen-bond acceptors (Lipinski definition) is 4. The quantitative estimate of drug-likeness (QED) is 0.635. The number of aryl methyl sites for hydroxylation is 1. The van der Waals surface area contributed by atoms with Crippen molar-refractivity contribution < 1.29 is 14.7 Å². The molecule has 0 saturated heterocycles. The molecule has 150 valence electrons. The van der Waals surface area contributed by atoms with Crippen molar-refractivity contribution in [2.75, 3.05) is 6.54 Å². The normalized spacial score (nSPS) is 10.7. The fourth-order valence-electron chi connectivity index (χ4n) is 3.16. The molecule has 7 nitrogen and oxygen atoms in total. The zero-order valence-electron chi connectivity index (χ0n) is 16.6. The zero-order chi connectivity index (χ0) is 20.8. The Kier molecular flexibility index (Phi) is 6.39. The molecular formula is C22H24N4O3. The highest BCUT2D eigenvalue weighted by atomic mass is 16.4. The van der Waals surface area contributed by atoms with Crippen molar-refractivity contribution in [3.63, 3.8) is 0 Å². The van der Waals surface area contributed by atoms with Crippen LogP contribution in [0.5, 0.6) is 0 Å². The van der Waals surface area contributed by atoms with E-state index in [2.05, 4.69) is 10.3 Å². The van der Waals surface area contributed by atoms with Gasteiger partial charge < -0.3 is 10.0 Å². The maximum absolute atomic E-state index is 13.2. The van der Waals surface area contributed by atoms with E-state index in [1.165, 1.54) is 0 Å². The lowest BCUT2D eigenvalue weighted by Crippen LogP contribution is -2.32. The van der Waals surface area contributed by atoms with Crippen molar-refractivity contribution in [3.8, 4) is 5.69 Å². The molecule has 3 aromatic rings. The lowest BCUT2D eigenvalue weighted by Gasteiger charge is -2.22. The molecule has 1 N–H and O–H groups in total. The van der Waals surface area contributed by atoms with Gasteiger partial charge in [-0.1, -0.05) is 47.7 Å². The molecule has 0 bridgehead atoms. The first-order valence-corrected chi connectivity index (χ1v) is 9.50. The average molecular weight is 392 g/mol. The highest BCUT2D eigenvalue weighted by Crippen LogP contribution is 2.17. The van der Waals surface area contributed by atoms with Crippen LogP contribution in [0.3, 0.4) is 0 Å². The summed E-state index contributed by atoms with van der Waals surface area (Å²) in [5, 5.41) is 17.2. The van der Waals surface area contributed by atoms with Crippen molar-refractivity contribution >= 4 is 11.9 Å². The Morgan fingerprint density at radius 2 is 1.83 bits per heavy atom. The minimum absolute atomic E-state index is 0.00747. The van der Waals surface area contributed by atoms with Crippen molar-refractivity contribution in [2.45, 2.75) is 33.2 Å². The van der Waals surface area contributed by atoms with Gasteiger partial charge in [-0.2, -0.15) is 0 Å². The molecule has 0 unspecified atom stereocenters. The third kappa shape index (κ3) is 5.07. The van der Waals surface area contributed by atoms with Crippen LogP contribution in [0.15, 0.2) is 54.6 Å². The number of rotatable bonds is 8. The highest BCUT2D eigenvalue weighted by Gasteiger charge is 2.23. The summed E-state index contributed by atoms with van der Waals surface area (Å²) >= 11 is 0. The molecule has 1 amide bonds. The number of carboxylic acid groups (broad SMARTS) is 1. The van der Waals surface area contributed by atoms with Crippen LogP contribution in [0.1, 0.15) is 40.2 Å². The van der Waals surface area contributed by atoms with E-state index in [0.717, 1.165) is 16.8 Å². The zero-order valence-corrected chi connectivity index (χ0v) is 16.6. The van der Waals surface area contributed by atoms with E-state index in [9.17, 15) is 9.59 Å². The van der Waals surface area contributed by atoms with Crippen LogP contribution < -0.4 is 0 Å². The highest BCUT2D eigenvalue weighted by molar-refractivity contribution is 5.93. The van der Waals surface area contributed by atoms with Gasteiger partial charge in [-0.25, -0.2) is 4.68 Å². The van der Waals surface area contributed by atoms with Crippen LogP contribution in [-0.2, 0) is 11.3 Å². The average Bonchev–Trinajstić information content (AvgIpc) is 3.08. The SMILES string of the molecule is Cc1cccc(-n2nnc(C(=O)N(CCCC(=O)O)Cc3ccccc3)c2C)c1. The van der Waals surface area contributed by atoms with E-state index < -0.39 is 5.97 Å². The molecule has 0 aliphatic carbocycles. The molecule has 0 aliphatic rings.